The Morgan fingerprint density at radius 3 is 2.45 bits per heavy atom. The van der Waals surface area contributed by atoms with E-state index in [2.05, 4.69) is 6.07 Å². The quantitative estimate of drug-likeness (QED) is 0.811. The Balaban J connectivity index is 1.93. The first-order chi connectivity index (χ1) is 9.57. The number of rotatable bonds is 2. The molecule has 0 bridgehead atoms. The van der Waals surface area contributed by atoms with E-state index in [9.17, 15) is 4.79 Å². The van der Waals surface area contributed by atoms with E-state index >= 15 is 0 Å². The monoisotopic (exact) mass is 266 g/mol. The lowest BCUT2D eigenvalue weighted by Gasteiger charge is -2.31. The molecule has 0 aromatic heterocycles. The van der Waals surface area contributed by atoms with Crippen molar-refractivity contribution in [2.45, 2.75) is 32.1 Å². The zero-order valence-electron chi connectivity index (χ0n) is 11.8. The predicted molar refractivity (Wildman–Crippen MR) is 79.3 cm³/mol. The first-order valence-corrected chi connectivity index (χ1v) is 6.97. The normalized spacial score (nSPS) is 16.6. The molecule has 0 radical (unpaired) electrons. The van der Waals surface area contributed by atoms with Crippen molar-refractivity contribution in [2.24, 2.45) is 0 Å². The third-order valence-electron chi connectivity index (χ3n) is 4.05. The molecule has 2 heteroatoms. The van der Waals surface area contributed by atoms with Crippen molar-refractivity contribution >= 4 is 5.78 Å². The van der Waals surface area contributed by atoms with E-state index in [4.69, 9.17) is 4.74 Å². The molecule has 0 saturated carbocycles. The molecule has 0 saturated heterocycles. The Hall–Kier alpha value is -2.09. The maximum absolute atomic E-state index is 12.0. The van der Waals surface area contributed by atoms with Gasteiger partial charge in [0.15, 0.2) is 0 Å². The van der Waals surface area contributed by atoms with Gasteiger partial charge >= 0.3 is 0 Å². The second-order valence-electron chi connectivity index (χ2n) is 5.78. The highest BCUT2D eigenvalue weighted by Gasteiger charge is 2.34. The highest BCUT2D eigenvalue weighted by Crippen LogP contribution is 2.36. The lowest BCUT2D eigenvalue weighted by Crippen LogP contribution is -2.34. The maximum Gasteiger partial charge on any atom is 0.143 e. The number of hydrogen-bond acceptors (Lipinski definition) is 2. The number of carbonyl (C=O) groups is 1. The van der Waals surface area contributed by atoms with Crippen LogP contribution in [0, 0.1) is 0 Å². The summed E-state index contributed by atoms with van der Waals surface area (Å²) in [6.07, 6.45) is 1.43. The fourth-order valence-electron chi connectivity index (χ4n) is 2.79. The molecule has 1 aliphatic rings. The second-order valence-corrected chi connectivity index (χ2v) is 5.78. The van der Waals surface area contributed by atoms with Crippen molar-refractivity contribution < 1.29 is 9.53 Å². The Labute approximate surface area is 119 Å². The van der Waals surface area contributed by atoms with Crippen LogP contribution in [0.5, 0.6) is 11.5 Å². The number of ether oxygens (including phenoxy) is 1. The van der Waals surface area contributed by atoms with Gasteiger partial charge in [-0.15, -0.1) is 0 Å². The fourth-order valence-corrected chi connectivity index (χ4v) is 2.79. The summed E-state index contributed by atoms with van der Waals surface area (Å²) in [5, 5.41) is 0. The van der Waals surface area contributed by atoms with Gasteiger partial charge < -0.3 is 4.74 Å². The van der Waals surface area contributed by atoms with Gasteiger partial charge in [-0.1, -0.05) is 24.3 Å². The van der Waals surface area contributed by atoms with Gasteiger partial charge in [-0.25, -0.2) is 0 Å². The molecule has 0 unspecified atom stereocenters. The van der Waals surface area contributed by atoms with Crippen LogP contribution in [0.1, 0.15) is 31.4 Å². The van der Waals surface area contributed by atoms with Crippen LogP contribution in [-0.4, -0.2) is 5.78 Å². The van der Waals surface area contributed by atoms with E-state index < -0.39 is 0 Å². The Kier molecular flexibility index (Phi) is 3.09. The molecule has 0 N–H and O–H groups in total. The third-order valence-corrected chi connectivity index (χ3v) is 4.05. The van der Waals surface area contributed by atoms with Crippen molar-refractivity contribution in [3.63, 3.8) is 0 Å². The molecule has 3 rings (SSSR count). The zero-order valence-corrected chi connectivity index (χ0v) is 11.8. The predicted octanol–water partition coefficient (Wildman–Crippen LogP) is 4.27. The summed E-state index contributed by atoms with van der Waals surface area (Å²) in [4.78, 5) is 12.0. The summed E-state index contributed by atoms with van der Waals surface area (Å²) in [6, 6.07) is 15.8. The van der Waals surface area contributed by atoms with Crippen molar-refractivity contribution in [3.8, 4) is 11.5 Å². The molecule has 0 amide bonds. The molecule has 20 heavy (non-hydrogen) atoms. The minimum atomic E-state index is -0.376. The van der Waals surface area contributed by atoms with Gasteiger partial charge in [0.1, 0.15) is 17.3 Å². The number of Topliss-reactive ketones (excluding diaryl/α,β-unsaturated/α-hetero) is 1. The molecule has 2 aromatic rings. The number of para-hydroxylation sites is 1. The highest BCUT2D eigenvalue weighted by atomic mass is 16.5. The number of hydrogen-bond donors (Lipinski definition) is 0. The number of benzene rings is 2. The van der Waals surface area contributed by atoms with E-state index in [0.717, 1.165) is 23.5 Å². The molecule has 0 spiro atoms. The van der Waals surface area contributed by atoms with Crippen molar-refractivity contribution in [1.29, 1.82) is 0 Å². The molecule has 2 aromatic carbocycles. The van der Waals surface area contributed by atoms with Crippen LogP contribution in [0.25, 0.3) is 0 Å². The maximum atomic E-state index is 12.0. The Morgan fingerprint density at radius 2 is 1.70 bits per heavy atom. The van der Waals surface area contributed by atoms with E-state index in [1.54, 1.807) is 0 Å². The van der Waals surface area contributed by atoms with Gasteiger partial charge in [0, 0.05) is 11.8 Å². The molecule has 0 fully saturated rings. The van der Waals surface area contributed by atoms with Crippen LogP contribution in [0.2, 0.25) is 0 Å². The van der Waals surface area contributed by atoms with Gasteiger partial charge in [-0.05, 0) is 55.7 Å². The molecule has 1 aliphatic carbocycles. The highest BCUT2D eigenvalue weighted by molar-refractivity contribution is 5.91. The molecule has 0 atom stereocenters. The standard InChI is InChI=1S/C18H18O2/c1-18(2)16-10-9-15(12-13(16)8-11-17(18)19)20-14-6-4-3-5-7-14/h3-7,9-10,12H,8,11H2,1-2H3. The van der Waals surface area contributed by atoms with Gasteiger partial charge in [-0.2, -0.15) is 0 Å². The molecule has 0 aliphatic heterocycles. The fraction of sp³-hybridized carbons (Fsp3) is 0.278. The number of ketones is 1. The van der Waals surface area contributed by atoms with Crippen LogP contribution in [0.4, 0.5) is 0 Å². The van der Waals surface area contributed by atoms with Crippen LogP contribution in [0.3, 0.4) is 0 Å². The summed E-state index contributed by atoms with van der Waals surface area (Å²) in [7, 11) is 0. The van der Waals surface area contributed by atoms with E-state index in [1.807, 2.05) is 56.3 Å². The number of fused-ring (bicyclic) bond motifs is 1. The first kappa shape index (κ1) is 12.9. The first-order valence-electron chi connectivity index (χ1n) is 6.97. The SMILES string of the molecule is CC1(C)C(=O)CCc2cc(Oc3ccccc3)ccc21. The van der Waals surface area contributed by atoms with Crippen LogP contribution in [0.15, 0.2) is 48.5 Å². The average molecular weight is 266 g/mol. The van der Waals surface area contributed by atoms with Crippen LogP contribution >= 0.6 is 0 Å². The van der Waals surface area contributed by atoms with E-state index in [-0.39, 0.29) is 5.41 Å². The van der Waals surface area contributed by atoms with Crippen LogP contribution < -0.4 is 4.74 Å². The minimum Gasteiger partial charge on any atom is -0.457 e. The van der Waals surface area contributed by atoms with E-state index in [1.165, 1.54) is 5.56 Å². The summed E-state index contributed by atoms with van der Waals surface area (Å²) < 4.78 is 5.85. The minimum absolute atomic E-state index is 0.321. The van der Waals surface area contributed by atoms with Crippen LogP contribution in [-0.2, 0) is 16.6 Å². The summed E-state index contributed by atoms with van der Waals surface area (Å²) in [5.41, 5.74) is 1.98. The van der Waals surface area contributed by atoms with E-state index in [0.29, 0.717) is 12.2 Å². The molecule has 2 nitrogen and oxygen atoms in total. The molecular formula is C18H18O2. The summed E-state index contributed by atoms with van der Waals surface area (Å²) >= 11 is 0. The topological polar surface area (TPSA) is 26.3 Å². The Morgan fingerprint density at radius 1 is 0.950 bits per heavy atom. The van der Waals surface area contributed by atoms with Gasteiger partial charge in [0.25, 0.3) is 0 Å². The molecule has 102 valence electrons. The molecule has 0 heterocycles. The van der Waals surface area contributed by atoms with Crippen molar-refractivity contribution in [1.82, 2.24) is 0 Å². The largest absolute Gasteiger partial charge is 0.457 e. The number of aryl methyl sites for hydroxylation is 1. The van der Waals surface area contributed by atoms with Gasteiger partial charge in [-0.3, -0.25) is 4.79 Å². The smallest absolute Gasteiger partial charge is 0.143 e. The lowest BCUT2D eigenvalue weighted by molar-refractivity contribution is -0.124. The lowest BCUT2D eigenvalue weighted by atomic mass is 9.72. The summed E-state index contributed by atoms with van der Waals surface area (Å²) in [5.74, 6) is 1.99. The number of carbonyl (C=O) groups excluding carboxylic acids is 1. The van der Waals surface area contributed by atoms with Crippen molar-refractivity contribution in [3.05, 3.63) is 59.7 Å². The Bertz CT molecular complexity index is 642. The molecular weight excluding hydrogens is 248 g/mol. The second kappa shape index (κ2) is 4.78. The van der Waals surface area contributed by atoms with Gasteiger partial charge in [0.05, 0.1) is 0 Å². The average Bonchev–Trinajstić information content (AvgIpc) is 2.44. The third kappa shape index (κ3) is 2.22. The summed E-state index contributed by atoms with van der Waals surface area (Å²) in [6.45, 7) is 4.01. The van der Waals surface area contributed by atoms with Gasteiger partial charge in [0.2, 0.25) is 0 Å². The zero-order chi connectivity index (χ0) is 14.2. The van der Waals surface area contributed by atoms with Crippen molar-refractivity contribution in [2.75, 3.05) is 0 Å².